The van der Waals surface area contributed by atoms with Gasteiger partial charge in [-0.25, -0.2) is 9.97 Å². The molecule has 0 aliphatic rings. The van der Waals surface area contributed by atoms with Crippen LogP contribution in [-0.2, 0) is 0 Å². The molecule has 1 aromatic heterocycles. The first kappa shape index (κ1) is 12.2. The molecule has 15 heavy (non-hydrogen) atoms. The molecule has 0 spiro atoms. The van der Waals surface area contributed by atoms with Gasteiger partial charge in [-0.2, -0.15) is 0 Å². The van der Waals surface area contributed by atoms with Crippen molar-refractivity contribution < 1.29 is 0 Å². The van der Waals surface area contributed by atoms with E-state index in [9.17, 15) is 0 Å². The van der Waals surface area contributed by atoms with E-state index in [2.05, 4.69) is 35.6 Å². The Morgan fingerprint density at radius 2 is 2.13 bits per heavy atom. The predicted octanol–water partition coefficient (Wildman–Crippen LogP) is 2.92. The van der Waals surface area contributed by atoms with E-state index >= 15 is 0 Å². The molecule has 0 aliphatic carbocycles. The summed E-state index contributed by atoms with van der Waals surface area (Å²) < 4.78 is 0. The summed E-state index contributed by atoms with van der Waals surface area (Å²) in [6, 6.07) is 0. The highest BCUT2D eigenvalue weighted by Gasteiger charge is 2.11. The van der Waals surface area contributed by atoms with Crippen LogP contribution >= 0.6 is 11.6 Å². The van der Waals surface area contributed by atoms with Gasteiger partial charge in [0.05, 0.1) is 0 Å². The number of nitrogens with zero attached hydrogens (tertiary/aromatic N) is 3. The Morgan fingerprint density at radius 1 is 1.47 bits per heavy atom. The lowest BCUT2D eigenvalue weighted by atomic mass is 10.2. The van der Waals surface area contributed by atoms with Crippen molar-refractivity contribution in [3.05, 3.63) is 17.0 Å². The minimum absolute atomic E-state index is 0.317. The van der Waals surface area contributed by atoms with Gasteiger partial charge in [0.2, 0.25) is 5.28 Å². The first-order valence-electron chi connectivity index (χ1n) is 5.28. The largest absolute Gasteiger partial charge is 0.356 e. The minimum Gasteiger partial charge on any atom is -0.356 e. The minimum atomic E-state index is 0.317. The zero-order valence-corrected chi connectivity index (χ0v) is 10.5. The molecule has 1 aromatic rings. The number of hydrogen-bond acceptors (Lipinski definition) is 3. The molecule has 0 bridgehead atoms. The fraction of sp³-hybridized carbons (Fsp3) is 0.636. The highest BCUT2D eigenvalue weighted by atomic mass is 35.5. The molecule has 0 amide bonds. The maximum atomic E-state index is 5.81. The zero-order chi connectivity index (χ0) is 11.4. The fourth-order valence-corrected chi connectivity index (χ4v) is 1.67. The first-order valence-corrected chi connectivity index (χ1v) is 5.66. The summed E-state index contributed by atoms with van der Waals surface area (Å²) >= 11 is 5.81. The quantitative estimate of drug-likeness (QED) is 0.741. The van der Waals surface area contributed by atoms with Gasteiger partial charge < -0.3 is 4.90 Å². The Hall–Kier alpha value is -0.830. The molecule has 0 saturated heterocycles. The van der Waals surface area contributed by atoms with Crippen LogP contribution in [0.5, 0.6) is 0 Å². The molecule has 0 atom stereocenters. The second-order valence-corrected chi connectivity index (χ2v) is 4.42. The molecule has 1 rings (SSSR count). The Morgan fingerprint density at radius 3 is 2.67 bits per heavy atom. The Labute approximate surface area is 96.5 Å². The molecule has 0 fully saturated rings. The molecule has 0 aromatic carbocycles. The van der Waals surface area contributed by atoms with Crippen molar-refractivity contribution in [2.24, 2.45) is 5.92 Å². The van der Waals surface area contributed by atoms with Crippen molar-refractivity contribution in [1.82, 2.24) is 9.97 Å². The summed E-state index contributed by atoms with van der Waals surface area (Å²) in [7, 11) is 0. The van der Waals surface area contributed by atoms with Crippen LogP contribution in [0.2, 0.25) is 5.28 Å². The highest BCUT2D eigenvalue weighted by molar-refractivity contribution is 6.28. The van der Waals surface area contributed by atoms with E-state index < -0.39 is 0 Å². The normalized spacial score (nSPS) is 10.8. The third kappa shape index (κ3) is 3.34. The van der Waals surface area contributed by atoms with Crippen LogP contribution in [-0.4, -0.2) is 23.1 Å². The first-order chi connectivity index (χ1) is 7.04. The molecule has 0 N–H and O–H groups in total. The molecule has 0 saturated carbocycles. The van der Waals surface area contributed by atoms with Gasteiger partial charge in [0, 0.05) is 24.8 Å². The van der Waals surface area contributed by atoms with E-state index in [-0.39, 0.29) is 0 Å². The van der Waals surface area contributed by atoms with Gasteiger partial charge in [0.15, 0.2) is 0 Å². The van der Waals surface area contributed by atoms with E-state index in [1.807, 2.05) is 6.92 Å². The number of rotatable bonds is 4. The number of hydrogen-bond donors (Lipinski definition) is 0. The predicted molar refractivity (Wildman–Crippen MR) is 64.5 cm³/mol. The number of aryl methyl sites for hydroxylation is 1. The summed E-state index contributed by atoms with van der Waals surface area (Å²) in [5, 5.41) is 0.317. The summed E-state index contributed by atoms with van der Waals surface area (Å²) in [6.07, 6.45) is 1.77. The van der Waals surface area contributed by atoms with Gasteiger partial charge in [-0.1, -0.05) is 13.8 Å². The number of aromatic nitrogens is 2. The van der Waals surface area contributed by atoms with Crippen LogP contribution in [0.25, 0.3) is 0 Å². The second kappa shape index (κ2) is 5.31. The lowest BCUT2D eigenvalue weighted by Crippen LogP contribution is -2.28. The zero-order valence-electron chi connectivity index (χ0n) is 9.79. The monoisotopic (exact) mass is 227 g/mol. The van der Waals surface area contributed by atoms with E-state index in [0.717, 1.165) is 24.5 Å². The van der Waals surface area contributed by atoms with Gasteiger partial charge >= 0.3 is 0 Å². The molecule has 0 unspecified atom stereocenters. The van der Waals surface area contributed by atoms with E-state index in [1.165, 1.54) is 0 Å². The third-order valence-corrected chi connectivity index (χ3v) is 2.36. The van der Waals surface area contributed by atoms with Crippen molar-refractivity contribution >= 4 is 17.4 Å². The lowest BCUT2D eigenvalue weighted by molar-refractivity contribution is 0.613. The number of halogens is 1. The van der Waals surface area contributed by atoms with Gasteiger partial charge in [0.1, 0.15) is 5.82 Å². The van der Waals surface area contributed by atoms with Crippen LogP contribution in [0.15, 0.2) is 6.20 Å². The molecule has 1 heterocycles. The van der Waals surface area contributed by atoms with Crippen LogP contribution in [0.3, 0.4) is 0 Å². The van der Waals surface area contributed by atoms with E-state index in [4.69, 9.17) is 11.6 Å². The maximum Gasteiger partial charge on any atom is 0.224 e. The van der Waals surface area contributed by atoms with Crippen LogP contribution < -0.4 is 4.90 Å². The average molecular weight is 228 g/mol. The summed E-state index contributed by atoms with van der Waals surface area (Å²) in [4.78, 5) is 10.5. The highest BCUT2D eigenvalue weighted by Crippen LogP contribution is 2.18. The Balaban J connectivity index is 2.95. The standard InChI is InChI=1S/C11H18ClN3/c1-5-15(7-8(2)3)10-9(4)6-13-11(12)14-10/h6,8H,5,7H2,1-4H3. The molecular formula is C11H18ClN3. The van der Waals surface area contributed by atoms with Crippen molar-refractivity contribution in [3.63, 3.8) is 0 Å². The van der Waals surface area contributed by atoms with Crippen molar-refractivity contribution in [2.75, 3.05) is 18.0 Å². The van der Waals surface area contributed by atoms with E-state index in [1.54, 1.807) is 6.20 Å². The fourth-order valence-electron chi connectivity index (χ4n) is 1.54. The molecular weight excluding hydrogens is 210 g/mol. The smallest absolute Gasteiger partial charge is 0.224 e. The molecule has 4 heteroatoms. The second-order valence-electron chi connectivity index (χ2n) is 4.08. The molecule has 0 aliphatic heterocycles. The molecule has 3 nitrogen and oxygen atoms in total. The maximum absolute atomic E-state index is 5.81. The summed E-state index contributed by atoms with van der Waals surface area (Å²) in [5.74, 6) is 1.56. The van der Waals surface area contributed by atoms with Gasteiger partial charge in [0.25, 0.3) is 0 Å². The SMILES string of the molecule is CCN(CC(C)C)c1nc(Cl)ncc1C. The summed E-state index contributed by atoms with van der Waals surface area (Å²) in [6.45, 7) is 10.4. The van der Waals surface area contributed by atoms with E-state index in [0.29, 0.717) is 11.2 Å². The van der Waals surface area contributed by atoms with Crippen LogP contribution in [0.1, 0.15) is 26.3 Å². The van der Waals surface area contributed by atoms with Crippen LogP contribution in [0.4, 0.5) is 5.82 Å². The molecule has 84 valence electrons. The number of anilines is 1. The Bertz CT molecular complexity index is 326. The van der Waals surface area contributed by atoms with Gasteiger partial charge in [-0.05, 0) is 31.4 Å². The lowest BCUT2D eigenvalue weighted by Gasteiger charge is -2.25. The third-order valence-electron chi connectivity index (χ3n) is 2.18. The van der Waals surface area contributed by atoms with Crippen molar-refractivity contribution in [1.29, 1.82) is 0 Å². The van der Waals surface area contributed by atoms with Gasteiger partial charge in [-0.3, -0.25) is 0 Å². The van der Waals surface area contributed by atoms with Crippen molar-refractivity contribution in [2.45, 2.75) is 27.7 Å². The average Bonchev–Trinajstić information content (AvgIpc) is 2.18. The summed E-state index contributed by atoms with van der Waals surface area (Å²) in [5.41, 5.74) is 1.07. The Kier molecular flexibility index (Phi) is 4.33. The van der Waals surface area contributed by atoms with Crippen molar-refractivity contribution in [3.8, 4) is 0 Å². The topological polar surface area (TPSA) is 29.0 Å². The van der Waals surface area contributed by atoms with Crippen LogP contribution in [0, 0.1) is 12.8 Å². The molecule has 0 radical (unpaired) electrons. The van der Waals surface area contributed by atoms with Gasteiger partial charge in [-0.15, -0.1) is 0 Å².